The molecule has 1 aromatic carbocycles. The van der Waals surface area contributed by atoms with E-state index in [2.05, 4.69) is 4.98 Å². The van der Waals surface area contributed by atoms with Crippen molar-refractivity contribution in [3.8, 4) is 5.75 Å². The Labute approximate surface area is 115 Å². The fraction of sp³-hybridized carbons (Fsp3) is 0.333. The topological polar surface area (TPSA) is 39.2 Å². The molecular formula is C15H15F2NO2. The molecule has 5 heteroatoms. The lowest BCUT2D eigenvalue weighted by Crippen LogP contribution is -2.10. The summed E-state index contributed by atoms with van der Waals surface area (Å²) in [6.07, 6.45) is 0.763. The average Bonchev–Trinajstić information content (AvgIpc) is 2.45. The number of carbonyl (C=O) groups excluding carboxylic acids is 1. The monoisotopic (exact) mass is 279 g/mol. The summed E-state index contributed by atoms with van der Waals surface area (Å²) in [5.41, 5.74) is 1.54. The normalized spacial score (nSPS) is 10.8. The lowest BCUT2D eigenvalue weighted by molar-refractivity contribution is -0.133. The van der Waals surface area contributed by atoms with Gasteiger partial charge in [0, 0.05) is 17.7 Å². The summed E-state index contributed by atoms with van der Waals surface area (Å²) in [4.78, 5) is 15.8. The lowest BCUT2D eigenvalue weighted by atomic mass is 10.1. The number of fused-ring (bicyclic) bond motifs is 1. The van der Waals surface area contributed by atoms with Crippen LogP contribution >= 0.6 is 0 Å². The smallest absolute Gasteiger partial charge is 0.310 e. The molecule has 0 aliphatic carbocycles. The van der Waals surface area contributed by atoms with Gasteiger partial charge in [0.15, 0.2) is 11.6 Å². The van der Waals surface area contributed by atoms with Gasteiger partial charge < -0.3 is 4.74 Å². The van der Waals surface area contributed by atoms with Gasteiger partial charge in [0.2, 0.25) is 0 Å². The highest BCUT2D eigenvalue weighted by atomic mass is 19.2. The van der Waals surface area contributed by atoms with Crippen LogP contribution in [0.15, 0.2) is 12.1 Å². The Morgan fingerprint density at radius 3 is 2.60 bits per heavy atom. The number of halogens is 2. The number of nitrogens with zero attached hydrogens (tertiary/aromatic N) is 1. The summed E-state index contributed by atoms with van der Waals surface area (Å²) in [5, 5.41) is -0.0819. The Kier molecular flexibility index (Phi) is 3.97. The molecule has 0 fully saturated rings. The zero-order valence-corrected chi connectivity index (χ0v) is 11.6. The highest BCUT2D eigenvalue weighted by Gasteiger charge is 2.20. The molecule has 0 amide bonds. The van der Waals surface area contributed by atoms with E-state index in [1.165, 1.54) is 6.07 Å². The van der Waals surface area contributed by atoms with Crippen molar-refractivity contribution in [2.75, 3.05) is 0 Å². The first kappa shape index (κ1) is 14.4. The lowest BCUT2D eigenvalue weighted by Gasteiger charge is -2.14. The van der Waals surface area contributed by atoms with Crippen LogP contribution in [0.5, 0.6) is 5.75 Å². The van der Waals surface area contributed by atoms with E-state index in [1.807, 2.05) is 6.92 Å². The molecule has 0 aliphatic heterocycles. The van der Waals surface area contributed by atoms with Crippen LogP contribution < -0.4 is 4.74 Å². The van der Waals surface area contributed by atoms with Gasteiger partial charge in [-0.1, -0.05) is 13.8 Å². The maximum atomic E-state index is 14.0. The summed E-state index contributed by atoms with van der Waals surface area (Å²) in [5.74, 6) is -2.46. The second-order valence-electron chi connectivity index (χ2n) is 4.45. The molecule has 2 rings (SSSR count). The van der Waals surface area contributed by atoms with E-state index < -0.39 is 17.6 Å². The number of pyridine rings is 1. The highest BCUT2D eigenvalue weighted by Crippen LogP contribution is 2.33. The summed E-state index contributed by atoms with van der Waals surface area (Å²) in [6.45, 7) is 5.22. The molecule has 0 bridgehead atoms. The summed E-state index contributed by atoms with van der Waals surface area (Å²) < 4.78 is 32.6. The maximum Gasteiger partial charge on any atom is 0.310 e. The Morgan fingerprint density at radius 1 is 1.30 bits per heavy atom. The van der Waals surface area contributed by atoms with E-state index in [0.29, 0.717) is 17.7 Å². The number of esters is 1. The van der Waals surface area contributed by atoms with Crippen molar-refractivity contribution >= 4 is 16.9 Å². The number of hydrogen-bond acceptors (Lipinski definition) is 3. The van der Waals surface area contributed by atoms with Gasteiger partial charge in [-0.3, -0.25) is 9.78 Å². The number of aryl methyl sites for hydroxylation is 1. The minimum absolute atomic E-state index is 0.0655. The number of ether oxygens (including phenoxy) is 1. The van der Waals surface area contributed by atoms with Crippen molar-refractivity contribution in [2.24, 2.45) is 0 Å². The standard InChI is InChI=1S/C15H15F2NO2/c1-4-10-8(3)15(20-12(19)5-2)13-11(18-10)7-6-9(16)14(13)17/h6-7H,4-5H2,1-3H3. The Hall–Kier alpha value is -2.04. The van der Waals surface area contributed by atoms with Gasteiger partial charge in [-0.25, -0.2) is 8.78 Å². The molecule has 1 heterocycles. The minimum atomic E-state index is -1.04. The van der Waals surface area contributed by atoms with Crippen LogP contribution in [0.3, 0.4) is 0 Å². The molecule has 1 aromatic heterocycles. The van der Waals surface area contributed by atoms with Gasteiger partial charge >= 0.3 is 5.97 Å². The largest absolute Gasteiger partial charge is 0.425 e. The third-order valence-corrected chi connectivity index (χ3v) is 3.17. The van der Waals surface area contributed by atoms with Crippen molar-refractivity contribution in [1.82, 2.24) is 4.98 Å². The van der Waals surface area contributed by atoms with Gasteiger partial charge in [-0.15, -0.1) is 0 Å². The third kappa shape index (κ3) is 2.35. The number of benzene rings is 1. The molecule has 20 heavy (non-hydrogen) atoms. The van der Waals surface area contributed by atoms with Crippen molar-refractivity contribution in [1.29, 1.82) is 0 Å². The van der Waals surface area contributed by atoms with E-state index in [9.17, 15) is 13.6 Å². The van der Waals surface area contributed by atoms with Crippen LogP contribution in [-0.4, -0.2) is 11.0 Å². The molecule has 0 aliphatic rings. The predicted molar refractivity (Wildman–Crippen MR) is 71.7 cm³/mol. The first-order valence-corrected chi connectivity index (χ1v) is 6.47. The van der Waals surface area contributed by atoms with E-state index in [-0.39, 0.29) is 23.1 Å². The highest BCUT2D eigenvalue weighted by molar-refractivity contribution is 5.90. The van der Waals surface area contributed by atoms with Crippen LogP contribution in [-0.2, 0) is 11.2 Å². The van der Waals surface area contributed by atoms with E-state index >= 15 is 0 Å². The second kappa shape index (κ2) is 5.53. The summed E-state index contributed by atoms with van der Waals surface area (Å²) in [6, 6.07) is 2.40. The third-order valence-electron chi connectivity index (χ3n) is 3.17. The van der Waals surface area contributed by atoms with Crippen LogP contribution in [0.1, 0.15) is 31.5 Å². The van der Waals surface area contributed by atoms with Gasteiger partial charge in [0.25, 0.3) is 0 Å². The Balaban J connectivity index is 2.81. The van der Waals surface area contributed by atoms with Gasteiger partial charge in [0.05, 0.1) is 10.9 Å². The average molecular weight is 279 g/mol. The van der Waals surface area contributed by atoms with E-state index in [0.717, 1.165) is 6.07 Å². The molecule has 0 N–H and O–H groups in total. The summed E-state index contributed by atoms with van der Waals surface area (Å²) >= 11 is 0. The number of aromatic nitrogens is 1. The van der Waals surface area contributed by atoms with Crippen molar-refractivity contribution in [3.63, 3.8) is 0 Å². The van der Waals surface area contributed by atoms with Gasteiger partial charge in [-0.2, -0.15) is 0 Å². The van der Waals surface area contributed by atoms with Crippen LogP contribution in [0, 0.1) is 18.6 Å². The first-order chi connectivity index (χ1) is 9.49. The quantitative estimate of drug-likeness (QED) is 0.804. The number of carbonyl (C=O) groups is 1. The molecule has 3 nitrogen and oxygen atoms in total. The Morgan fingerprint density at radius 2 is 2.00 bits per heavy atom. The molecule has 0 radical (unpaired) electrons. The van der Waals surface area contributed by atoms with Crippen molar-refractivity contribution < 1.29 is 18.3 Å². The van der Waals surface area contributed by atoms with E-state index in [1.54, 1.807) is 13.8 Å². The van der Waals surface area contributed by atoms with Gasteiger partial charge in [0.1, 0.15) is 5.75 Å². The summed E-state index contributed by atoms with van der Waals surface area (Å²) in [7, 11) is 0. The fourth-order valence-corrected chi connectivity index (χ4v) is 2.06. The van der Waals surface area contributed by atoms with Crippen LogP contribution in [0.25, 0.3) is 10.9 Å². The molecule has 0 unspecified atom stereocenters. The van der Waals surface area contributed by atoms with Crippen molar-refractivity contribution in [3.05, 3.63) is 35.0 Å². The second-order valence-corrected chi connectivity index (χ2v) is 4.45. The molecule has 0 spiro atoms. The maximum absolute atomic E-state index is 14.0. The van der Waals surface area contributed by atoms with Crippen LogP contribution in [0.2, 0.25) is 0 Å². The molecule has 2 aromatic rings. The molecule has 0 saturated carbocycles. The minimum Gasteiger partial charge on any atom is -0.425 e. The fourth-order valence-electron chi connectivity index (χ4n) is 2.06. The number of rotatable bonds is 3. The molecule has 106 valence electrons. The van der Waals surface area contributed by atoms with Gasteiger partial charge in [-0.05, 0) is 25.5 Å². The molecule has 0 saturated heterocycles. The SMILES string of the molecule is CCC(=O)Oc1c(C)c(CC)nc2ccc(F)c(F)c12. The zero-order chi connectivity index (χ0) is 14.9. The Bertz CT molecular complexity index is 683. The predicted octanol–water partition coefficient (Wildman–Crippen LogP) is 3.70. The zero-order valence-electron chi connectivity index (χ0n) is 11.6. The number of hydrogen-bond donors (Lipinski definition) is 0. The first-order valence-electron chi connectivity index (χ1n) is 6.47. The molecular weight excluding hydrogens is 264 g/mol. The molecule has 0 atom stereocenters. The van der Waals surface area contributed by atoms with Crippen LogP contribution in [0.4, 0.5) is 8.78 Å². The van der Waals surface area contributed by atoms with Crippen molar-refractivity contribution in [2.45, 2.75) is 33.6 Å². The van der Waals surface area contributed by atoms with E-state index in [4.69, 9.17) is 4.74 Å².